The van der Waals surface area contributed by atoms with Crippen LogP contribution in [0, 0.1) is 0 Å². The summed E-state index contributed by atoms with van der Waals surface area (Å²) < 4.78 is 1.19. The summed E-state index contributed by atoms with van der Waals surface area (Å²) >= 11 is 5.22. The van der Waals surface area contributed by atoms with Crippen molar-refractivity contribution in [3.05, 3.63) is 50.6 Å². The fraction of sp³-hybridized carbons (Fsp3) is 0.375. The van der Waals surface area contributed by atoms with E-state index in [1.165, 1.54) is 46.3 Å². The van der Waals surface area contributed by atoms with E-state index >= 15 is 0 Å². The minimum absolute atomic E-state index is 0.886. The molecule has 3 heteroatoms. The monoisotopic (exact) mass is 337 g/mol. The number of nitrogens with one attached hydrogen (secondary N) is 1. The number of aryl methyl sites for hydroxylation is 1. The van der Waals surface area contributed by atoms with Gasteiger partial charge in [0.1, 0.15) is 0 Å². The van der Waals surface area contributed by atoms with Gasteiger partial charge in [-0.1, -0.05) is 31.9 Å². The lowest BCUT2D eigenvalue weighted by Gasteiger charge is -2.06. The number of rotatable bonds is 7. The molecule has 1 heterocycles. The zero-order valence-corrected chi connectivity index (χ0v) is 13.7. The largest absolute Gasteiger partial charge is 0.381 e. The van der Waals surface area contributed by atoms with Crippen LogP contribution in [0.2, 0.25) is 0 Å². The Hall–Kier alpha value is -0.800. The smallest absolute Gasteiger partial charge is 0.0701 e. The maximum atomic E-state index is 3.49. The van der Waals surface area contributed by atoms with Crippen LogP contribution in [0.5, 0.6) is 0 Å². The second-order valence-corrected chi connectivity index (χ2v) is 7.06. The molecule has 0 unspecified atom stereocenters. The maximum absolute atomic E-state index is 3.49. The summed E-state index contributed by atoms with van der Waals surface area (Å²) in [5, 5.41) is 5.63. The molecule has 0 amide bonds. The van der Waals surface area contributed by atoms with Gasteiger partial charge in [0.25, 0.3) is 0 Å². The Balaban J connectivity index is 1.81. The summed E-state index contributed by atoms with van der Waals surface area (Å²) in [6.07, 6.45) is 5.11. The van der Waals surface area contributed by atoms with Crippen LogP contribution in [-0.4, -0.2) is 0 Å². The lowest BCUT2D eigenvalue weighted by Crippen LogP contribution is -1.98. The van der Waals surface area contributed by atoms with E-state index in [1.807, 2.05) is 0 Å². The van der Waals surface area contributed by atoms with E-state index < -0.39 is 0 Å². The molecular weight excluding hydrogens is 318 g/mol. The van der Waals surface area contributed by atoms with Crippen LogP contribution in [0.4, 0.5) is 5.69 Å². The minimum Gasteiger partial charge on any atom is -0.381 e. The van der Waals surface area contributed by atoms with Crippen LogP contribution in [0.3, 0.4) is 0 Å². The van der Waals surface area contributed by atoms with Crippen molar-refractivity contribution in [2.24, 2.45) is 0 Å². The molecule has 0 aliphatic carbocycles. The normalized spacial score (nSPS) is 10.6. The van der Waals surface area contributed by atoms with E-state index in [0.29, 0.717) is 0 Å². The number of thiophene rings is 1. The van der Waals surface area contributed by atoms with Crippen molar-refractivity contribution in [2.45, 2.75) is 39.2 Å². The summed E-state index contributed by atoms with van der Waals surface area (Å²) in [4.78, 5) is 0. The van der Waals surface area contributed by atoms with Crippen LogP contribution in [0.1, 0.15) is 37.3 Å². The molecule has 1 aromatic carbocycles. The topological polar surface area (TPSA) is 12.0 Å². The van der Waals surface area contributed by atoms with Crippen molar-refractivity contribution >= 4 is 33.0 Å². The van der Waals surface area contributed by atoms with Crippen LogP contribution < -0.4 is 5.32 Å². The third-order valence-electron chi connectivity index (χ3n) is 3.14. The Bertz CT molecular complexity index is 490. The molecular formula is C16H20BrNS. The summed E-state index contributed by atoms with van der Waals surface area (Å²) in [5.41, 5.74) is 3.96. The highest BCUT2D eigenvalue weighted by Crippen LogP contribution is 2.21. The summed E-state index contributed by atoms with van der Waals surface area (Å²) in [6.45, 7) is 3.13. The van der Waals surface area contributed by atoms with Gasteiger partial charge in [0.05, 0.1) is 3.79 Å². The molecule has 0 fully saturated rings. The quantitative estimate of drug-likeness (QED) is 0.624. The fourth-order valence-electron chi connectivity index (χ4n) is 2.01. The summed E-state index contributed by atoms with van der Waals surface area (Å²) in [5.74, 6) is 0. The molecule has 1 N–H and O–H groups in total. The minimum atomic E-state index is 0.886. The van der Waals surface area contributed by atoms with Crippen molar-refractivity contribution < 1.29 is 0 Å². The fourth-order valence-corrected chi connectivity index (χ4v) is 3.22. The van der Waals surface area contributed by atoms with E-state index in [4.69, 9.17) is 0 Å². The molecule has 0 aliphatic heterocycles. The third kappa shape index (κ3) is 5.00. The lowest BCUT2D eigenvalue weighted by atomic mass is 10.1. The van der Waals surface area contributed by atoms with Crippen LogP contribution >= 0.6 is 27.3 Å². The van der Waals surface area contributed by atoms with Gasteiger partial charge in [0.15, 0.2) is 0 Å². The van der Waals surface area contributed by atoms with E-state index in [0.717, 1.165) is 6.54 Å². The molecule has 0 spiro atoms. The number of anilines is 1. The predicted molar refractivity (Wildman–Crippen MR) is 89.0 cm³/mol. The van der Waals surface area contributed by atoms with E-state index in [9.17, 15) is 0 Å². The SMILES string of the molecule is CCCCCc1ccc(NCc2csc(Br)c2)cc1. The number of unbranched alkanes of at least 4 members (excludes halogenated alkanes) is 2. The zero-order valence-electron chi connectivity index (χ0n) is 11.3. The third-order valence-corrected chi connectivity index (χ3v) is 4.69. The maximum Gasteiger partial charge on any atom is 0.0701 e. The molecule has 0 saturated heterocycles. The first-order chi connectivity index (χ1) is 9.28. The van der Waals surface area contributed by atoms with Crippen molar-refractivity contribution in [1.82, 2.24) is 0 Å². The molecule has 0 aliphatic rings. The van der Waals surface area contributed by atoms with Crippen LogP contribution in [0.15, 0.2) is 39.5 Å². The van der Waals surface area contributed by atoms with E-state index in [-0.39, 0.29) is 0 Å². The van der Waals surface area contributed by atoms with Gasteiger partial charge in [0, 0.05) is 12.2 Å². The van der Waals surface area contributed by atoms with Gasteiger partial charge >= 0.3 is 0 Å². The number of hydrogen-bond donors (Lipinski definition) is 1. The molecule has 0 bridgehead atoms. The van der Waals surface area contributed by atoms with Gasteiger partial charge in [-0.2, -0.15) is 0 Å². The standard InChI is InChI=1S/C16H20BrNS/c1-2-3-4-5-13-6-8-15(9-7-13)18-11-14-10-16(17)19-12-14/h6-10,12,18H,2-5,11H2,1H3. The van der Waals surface area contributed by atoms with Gasteiger partial charge in [-0.3, -0.25) is 0 Å². The highest BCUT2D eigenvalue weighted by molar-refractivity contribution is 9.11. The van der Waals surface area contributed by atoms with Gasteiger partial charge in [-0.05, 0) is 63.5 Å². The van der Waals surface area contributed by atoms with Gasteiger partial charge in [0.2, 0.25) is 0 Å². The molecule has 2 aromatic rings. The Morgan fingerprint density at radius 3 is 2.53 bits per heavy atom. The molecule has 1 nitrogen and oxygen atoms in total. The Kier molecular flexibility index (Phi) is 5.93. The van der Waals surface area contributed by atoms with Gasteiger partial charge in [-0.15, -0.1) is 11.3 Å². The van der Waals surface area contributed by atoms with E-state index in [2.05, 4.69) is 63.9 Å². The van der Waals surface area contributed by atoms with Gasteiger partial charge in [-0.25, -0.2) is 0 Å². The molecule has 0 atom stereocenters. The highest BCUT2D eigenvalue weighted by Gasteiger charge is 1.98. The Morgan fingerprint density at radius 1 is 1.11 bits per heavy atom. The average molecular weight is 338 g/mol. The first-order valence-electron chi connectivity index (χ1n) is 6.83. The Labute approximate surface area is 128 Å². The zero-order chi connectivity index (χ0) is 13.5. The first kappa shape index (κ1) is 14.6. The Morgan fingerprint density at radius 2 is 1.89 bits per heavy atom. The predicted octanol–water partition coefficient (Wildman–Crippen LogP) is 5.86. The second-order valence-electron chi connectivity index (χ2n) is 4.77. The molecule has 2 rings (SSSR count). The van der Waals surface area contributed by atoms with Crippen molar-refractivity contribution in [3.8, 4) is 0 Å². The lowest BCUT2D eigenvalue weighted by molar-refractivity contribution is 0.717. The van der Waals surface area contributed by atoms with Gasteiger partial charge < -0.3 is 5.32 Å². The molecule has 19 heavy (non-hydrogen) atoms. The van der Waals surface area contributed by atoms with Crippen LogP contribution in [0.25, 0.3) is 0 Å². The number of hydrogen-bond acceptors (Lipinski definition) is 2. The summed E-state index contributed by atoms with van der Waals surface area (Å²) in [6, 6.07) is 11.0. The van der Waals surface area contributed by atoms with E-state index in [1.54, 1.807) is 11.3 Å². The summed E-state index contributed by atoms with van der Waals surface area (Å²) in [7, 11) is 0. The van der Waals surface area contributed by atoms with Crippen molar-refractivity contribution in [2.75, 3.05) is 5.32 Å². The average Bonchev–Trinajstić information content (AvgIpc) is 2.84. The second kappa shape index (κ2) is 7.71. The number of halogens is 1. The molecule has 0 saturated carbocycles. The first-order valence-corrected chi connectivity index (χ1v) is 8.51. The van der Waals surface area contributed by atoms with Crippen molar-refractivity contribution in [3.63, 3.8) is 0 Å². The number of benzene rings is 1. The molecule has 102 valence electrons. The van der Waals surface area contributed by atoms with Crippen LogP contribution in [-0.2, 0) is 13.0 Å². The highest BCUT2D eigenvalue weighted by atomic mass is 79.9. The molecule has 1 aromatic heterocycles. The molecule has 0 radical (unpaired) electrons. The van der Waals surface area contributed by atoms with Crippen molar-refractivity contribution in [1.29, 1.82) is 0 Å².